The van der Waals surface area contributed by atoms with E-state index in [4.69, 9.17) is 10.5 Å². The van der Waals surface area contributed by atoms with Crippen LogP contribution >= 0.6 is 0 Å². The van der Waals surface area contributed by atoms with Gasteiger partial charge in [-0.05, 0) is 42.0 Å². The maximum atomic E-state index is 12.2. The number of hydrogen-bond acceptors (Lipinski definition) is 4. The molecule has 1 aliphatic rings. The number of benzene rings is 2. The van der Waals surface area contributed by atoms with Gasteiger partial charge >= 0.3 is 6.36 Å². The first kappa shape index (κ1) is 19.8. The van der Waals surface area contributed by atoms with Crippen LogP contribution in [0.25, 0.3) is 0 Å². The summed E-state index contributed by atoms with van der Waals surface area (Å²) in [4.78, 5) is 6.51. The Morgan fingerprint density at radius 3 is 2.32 bits per heavy atom. The van der Waals surface area contributed by atoms with Gasteiger partial charge < -0.3 is 25.4 Å². The fraction of sp³-hybridized carbons (Fsp3) is 0.316. The van der Waals surface area contributed by atoms with Gasteiger partial charge in [0, 0.05) is 24.5 Å². The predicted octanol–water partition coefficient (Wildman–Crippen LogP) is 3.35. The van der Waals surface area contributed by atoms with Gasteiger partial charge in [-0.1, -0.05) is 12.1 Å². The van der Waals surface area contributed by atoms with Gasteiger partial charge in [0.15, 0.2) is 5.96 Å². The third kappa shape index (κ3) is 6.05. The molecule has 3 N–H and O–H groups in total. The average Bonchev–Trinajstić information content (AvgIpc) is 2.68. The summed E-state index contributed by atoms with van der Waals surface area (Å²) in [5.74, 6) is -0.129. The Bertz CT molecular complexity index is 786. The zero-order valence-corrected chi connectivity index (χ0v) is 15.1. The Morgan fingerprint density at radius 2 is 1.71 bits per heavy atom. The van der Waals surface area contributed by atoms with Crippen LogP contribution in [0.1, 0.15) is 5.56 Å². The van der Waals surface area contributed by atoms with E-state index in [1.54, 1.807) is 0 Å². The lowest BCUT2D eigenvalue weighted by Gasteiger charge is -2.28. The lowest BCUT2D eigenvalue weighted by atomic mass is 10.2. The molecule has 6 nitrogen and oxygen atoms in total. The summed E-state index contributed by atoms with van der Waals surface area (Å²) in [5, 5.41) is 2.83. The molecule has 3 rings (SSSR count). The van der Waals surface area contributed by atoms with Crippen molar-refractivity contribution in [3.05, 3.63) is 54.1 Å². The Kier molecular flexibility index (Phi) is 6.25. The first-order valence-electron chi connectivity index (χ1n) is 8.73. The fourth-order valence-electron chi connectivity index (χ4n) is 2.74. The quantitative estimate of drug-likeness (QED) is 0.601. The number of anilines is 2. The van der Waals surface area contributed by atoms with Crippen molar-refractivity contribution in [2.45, 2.75) is 12.9 Å². The number of nitrogens with one attached hydrogen (secondary N) is 1. The summed E-state index contributed by atoms with van der Waals surface area (Å²) >= 11 is 0. The molecule has 1 aliphatic heterocycles. The van der Waals surface area contributed by atoms with E-state index in [0.29, 0.717) is 12.2 Å². The zero-order valence-electron chi connectivity index (χ0n) is 15.1. The van der Waals surface area contributed by atoms with Crippen molar-refractivity contribution in [2.75, 3.05) is 36.5 Å². The van der Waals surface area contributed by atoms with Crippen LogP contribution in [0.3, 0.4) is 0 Å². The second-order valence-corrected chi connectivity index (χ2v) is 6.16. The molecule has 1 heterocycles. The van der Waals surface area contributed by atoms with Crippen molar-refractivity contribution < 1.29 is 22.6 Å². The van der Waals surface area contributed by atoms with Crippen molar-refractivity contribution in [1.29, 1.82) is 0 Å². The van der Waals surface area contributed by atoms with E-state index in [0.717, 1.165) is 37.6 Å². The van der Waals surface area contributed by atoms with Crippen LogP contribution in [-0.2, 0) is 11.3 Å². The smallest absolute Gasteiger partial charge is 0.406 e. The second-order valence-electron chi connectivity index (χ2n) is 6.16. The molecule has 0 aromatic heterocycles. The third-order valence-corrected chi connectivity index (χ3v) is 4.10. The van der Waals surface area contributed by atoms with Crippen molar-refractivity contribution in [3.63, 3.8) is 0 Å². The molecule has 0 aliphatic carbocycles. The minimum absolute atomic E-state index is 0.168. The zero-order chi connectivity index (χ0) is 20.0. The molecule has 0 amide bonds. The molecular formula is C19H21F3N4O2. The summed E-state index contributed by atoms with van der Waals surface area (Å²) < 4.78 is 45.6. The van der Waals surface area contributed by atoms with E-state index in [2.05, 4.69) is 19.9 Å². The summed E-state index contributed by atoms with van der Waals surface area (Å²) in [6.07, 6.45) is -4.72. The van der Waals surface area contributed by atoms with E-state index in [9.17, 15) is 13.2 Å². The molecule has 150 valence electrons. The number of alkyl halides is 3. The van der Waals surface area contributed by atoms with Gasteiger partial charge in [0.2, 0.25) is 0 Å². The molecule has 0 spiro atoms. The Balaban J connectivity index is 1.52. The summed E-state index contributed by atoms with van der Waals surface area (Å²) in [5.41, 5.74) is 8.50. The van der Waals surface area contributed by atoms with Crippen molar-refractivity contribution in [3.8, 4) is 5.75 Å². The number of hydrogen-bond donors (Lipinski definition) is 2. The average molecular weight is 394 g/mol. The highest BCUT2D eigenvalue weighted by Gasteiger charge is 2.30. The van der Waals surface area contributed by atoms with Gasteiger partial charge in [-0.3, -0.25) is 0 Å². The van der Waals surface area contributed by atoms with Crippen LogP contribution in [-0.4, -0.2) is 38.6 Å². The van der Waals surface area contributed by atoms with Crippen LogP contribution in [0.5, 0.6) is 5.75 Å². The van der Waals surface area contributed by atoms with E-state index in [1.807, 2.05) is 24.3 Å². The minimum atomic E-state index is -4.72. The van der Waals surface area contributed by atoms with Crippen LogP contribution in [0, 0.1) is 0 Å². The standard InChI is InChI=1S/C19H21F3N4O2/c20-19(21,22)28-17-7-3-15(4-8-17)25-18(23)24-13-14-1-5-16(6-2-14)26-9-11-27-12-10-26/h1-8H,9-13H2,(H3,23,24,25). The number of rotatable bonds is 5. The van der Waals surface area contributed by atoms with E-state index < -0.39 is 6.36 Å². The molecule has 2 aromatic carbocycles. The number of guanidine groups is 1. The fourth-order valence-corrected chi connectivity index (χ4v) is 2.74. The Hall–Kier alpha value is -2.94. The monoisotopic (exact) mass is 394 g/mol. The Labute approximate surface area is 160 Å². The van der Waals surface area contributed by atoms with Crippen molar-refractivity contribution in [1.82, 2.24) is 0 Å². The number of nitrogens with two attached hydrogens (primary N) is 1. The topological polar surface area (TPSA) is 72.1 Å². The SMILES string of the molecule is NC(=NCc1ccc(N2CCOCC2)cc1)Nc1ccc(OC(F)(F)F)cc1. The van der Waals surface area contributed by atoms with Gasteiger partial charge in [-0.2, -0.15) is 0 Å². The van der Waals surface area contributed by atoms with Crippen LogP contribution in [0.4, 0.5) is 24.5 Å². The van der Waals surface area contributed by atoms with Crippen LogP contribution in [0.15, 0.2) is 53.5 Å². The number of halogens is 3. The normalized spacial score (nSPS) is 15.4. The summed E-state index contributed by atoms with van der Waals surface area (Å²) in [6.45, 7) is 3.61. The molecule has 1 saturated heterocycles. The van der Waals surface area contributed by atoms with Gasteiger partial charge in [0.1, 0.15) is 5.75 Å². The highest BCUT2D eigenvalue weighted by atomic mass is 19.4. The summed E-state index contributed by atoms with van der Waals surface area (Å²) in [7, 11) is 0. The molecule has 0 saturated carbocycles. The molecular weight excluding hydrogens is 373 g/mol. The van der Waals surface area contributed by atoms with Crippen molar-refractivity contribution >= 4 is 17.3 Å². The maximum absolute atomic E-state index is 12.2. The van der Waals surface area contributed by atoms with Gasteiger partial charge in [0.05, 0.1) is 19.8 Å². The predicted molar refractivity (Wildman–Crippen MR) is 102 cm³/mol. The molecule has 2 aromatic rings. The minimum Gasteiger partial charge on any atom is -0.406 e. The Morgan fingerprint density at radius 1 is 1.07 bits per heavy atom. The lowest BCUT2D eigenvalue weighted by Crippen LogP contribution is -2.36. The first-order chi connectivity index (χ1) is 13.4. The maximum Gasteiger partial charge on any atom is 0.573 e. The van der Waals surface area contributed by atoms with E-state index in [1.165, 1.54) is 24.3 Å². The molecule has 0 unspecified atom stereocenters. The van der Waals surface area contributed by atoms with Gasteiger partial charge in [-0.15, -0.1) is 13.2 Å². The molecule has 0 atom stereocenters. The van der Waals surface area contributed by atoms with E-state index in [-0.39, 0.29) is 11.7 Å². The number of morpholine rings is 1. The van der Waals surface area contributed by atoms with E-state index >= 15 is 0 Å². The third-order valence-electron chi connectivity index (χ3n) is 4.10. The molecule has 1 fully saturated rings. The number of aliphatic imine (C=N–C) groups is 1. The molecule has 28 heavy (non-hydrogen) atoms. The molecule has 0 radical (unpaired) electrons. The summed E-state index contributed by atoms with van der Waals surface area (Å²) in [6, 6.07) is 13.3. The molecule has 9 heteroatoms. The van der Waals surface area contributed by atoms with Gasteiger partial charge in [0.25, 0.3) is 0 Å². The van der Waals surface area contributed by atoms with Gasteiger partial charge in [-0.25, -0.2) is 4.99 Å². The highest BCUT2D eigenvalue weighted by Crippen LogP contribution is 2.24. The highest BCUT2D eigenvalue weighted by molar-refractivity contribution is 5.92. The first-order valence-corrected chi connectivity index (χ1v) is 8.73. The van der Waals surface area contributed by atoms with Crippen LogP contribution in [0.2, 0.25) is 0 Å². The number of nitrogens with zero attached hydrogens (tertiary/aromatic N) is 2. The molecule has 0 bridgehead atoms. The number of ether oxygens (including phenoxy) is 2. The largest absolute Gasteiger partial charge is 0.573 e. The lowest BCUT2D eigenvalue weighted by molar-refractivity contribution is -0.274. The second kappa shape index (κ2) is 8.83. The van der Waals surface area contributed by atoms with Crippen molar-refractivity contribution in [2.24, 2.45) is 10.7 Å². The van der Waals surface area contributed by atoms with Crippen LogP contribution < -0.4 is 20.7 Å².